The number of methoxy groups -OCH3 is 1. The molecule has 0 aliphatic carbocycles. The minimum Gasteiger partial charge on any atom is -0.467 e. The molecule has 0 radical (unpaired) electrons. The molecule has 5 N–H and O–H groups in total. The summed E-state index contributed by atoms with van der Waals surface area (Å²) in [5.41, 5.74) is 2.94. The van der Waals surface area contributed by atoms with Crippen LogP contribution in [0.25, 0.3) is 0 Å². The Kier molecular flexibility index (Phi) is 13.4. The average molecular weight is 589 g/mol. The first-order chi connectivity index (χ1) is 20.7. The minimum atomic E-state index is -1.57. The third-order valence-corrected chi connectivity index (χ3v) is 6.88. The Balaban J connectivity index is 1.78. The van der Waals surface area contributed by atoms with Crippen molar-refractivity contribution in [2.75, 3.05) is 13.7 Å². The molecular formula is C32H40BN3O7. The first kappa shape index (κ1) is 33.5. The second-order valence-corrected chi connectivity index (χ2v) is 10.6. The van der Waals surface area contributed by atoms with Crippen molar-refractivity contribution in [3.05, 3.63) is 102 Å². The van der Waals surface area contributed by atoms with Crippen LogP contribution in [0.3, 0.4) is 0 Å². The predicted octanol–water partition coefficient (Wildman–Crippen LogP) is 1.08. The normalized spacial score (nSPS) is 13.1. The van der Waals surface area contributed by atoms with Crippen LogP contribution in [-0.4, -0.2) is 66.8 Å². The number of amides is 2. The second-order valence-electron chi connectivity index (χ2n) is 10.6. The van der Waals surface area contributed by atoms with E-state index in [1.165, 1.54) is 7.11 Å². The highest BCUT2D eigenvalue weighted by molar-refractivity contribution is 6.58. The van der Waals surface area contributed by atoms with Crippen molar-refractivity contribution >= 4 is 30.4 Å². The highest BCUT2D eigenvalue weighted by atomic mass is 16.5. The Bertz CT molecular complexity index is 1290. The number of nitrogens with one attached hydrogen (secondary N) is 3. The van der Waals surface area contributed by atoms with E-state index in [0.29, 0.717) is 12.1 Å². The van der Waals surface area contributed by atoms with Gasteiger partial charge in [-0.1, -0.05) is 98.8 Å². The fourth-order valence-corrected chi connectivity index (χ4v) is 4.35. The smallest absolute Gasteiger partial charge is 0.467 e. The zero-order valence-corrected chi connectivity index (χ0v) is 24.7. The summed E-state index contributed by atoms with van der Waals surface area (Å²) >= 11 is 0. The maximum Gasteiger partial charge on any atom is 0.488 e. The number of carbonyl (C=O) groups is 3. The number of rotatable bonds is 16. The van der Waals surface area contributed by atoms with Gasteiger partial charge in [-0.25, -0.2) is 4.79 Å². The lowest BCUT2D eigenvalue weighted by Gasteiger charge is -2.26. The summed E-state index contributed by atoms with van der Waals surface area (Å²) in [5.74, 6) is -1.76. The molecule has 10 nitrogen and oxygen atoms in total. The fourth-order valence-electron chi connectivity index (χ4n) is 4.35. The van der Waals surface area contributed by atoms with Crippen molar-refractivity contribution in [2.45, 2.75) is 51.5 Å². The first-order valence-electron chi connectivity index (χ1n) is 14.2. The molecule has 228 valence electrons. The molecule has 0 fully saturated rings. The lowest BCUT2D eigenvalue weighted by atomic mass is 9.80. The Hall–Kier alpha value is -4.03. The summed E-state index contributed by atoms with van der Waals surface area (Å²) < 4.78 is 10.8. The molecule has 43 heavy (non-hydrogen) atoms. The van der Waals surface area contributed by atoms with Gasteiger partial charge < -0.3 is 30.2 Å². The SMILES string of the molecule is COC(=O)[C@@H](NC(=O)[C@H](Cc1ccccc1)NC(=O)[C@H](COCc1ccccc1)NCc1ccc(B(O)O)cc1)C(C)C. The van der Waals surface area contributed by atoms with Crippen LogP contribution in [-0.2, 0) is 43.4 Å². The maximum absolute atomic E-state index is 13.7. The van der Waals surface area contributed by atoms with Crippen LogP contribution in [0.15, 0.2) is 84.9 Å². The van der Waals surface area contributed by atoms with Crippen LogP contribution in [0.5, 0.6) is 0 Å². The lowest BCUT2D eigenvalue weighted by molar-refractivity contribution is -0.146. The van der Waals surface area contributed by atoms with Gasteiger partial charge in [0.2, 0.25) is 11.8 Å². The molecular weight excluding hydrogens is 549 g/mol. The predicted molar refractivity (Wildman–Crippen MR) is 164 cm³/mol. The van der Waals surface area contributed by atoms with Crippen molar-refractivity contribution in [2.24, 2.45) is 5.92 Å². The molecule has 0 saturated carbocycles. The highest BCUT2D eigenvalue weighted by Gasteiger charge is 2.31. The lowest BCUT2D eigenvalue weighted by Crippen LogP contribution is -2.57. The summed E-state index contributed by atoms with van der Waals surface area (Å²) in [6.45, 7) is 4.18. The molecule has 3 aromatic rings. The van der Waals surface area contributed by atoms with Gasteiger partial charge in [0.15, 0.2) is 0 Å². The number of carbonyl (C=O) groups excluding carboxylic acids is 3. The molecule has 0 spiro atoms. The van der Waals surface area contributed by atoms with Crippen molar-refractivity contribution in [3.63, 3.8) is 0 Å². The molecule has 11 heteroatoms. The van der Waals surface area contributed by atoms with E-state index >= 15 is 0 Å². The van der Waals surface area contributed by atoms with Gasteiger partial charge in [-0.15, -0.1) is 0 Å². The summed E-state index contributed by atoms with van der Waals surface area (Å²) in [6.07, 6.45) is 0.201. The molecule has 0 aromatic heterocycles. The topological polar surface area (TPSA) is 146 Å². The summed E-state index contributed by atoms with van der Waals surface area (Å²) in [7, 11) is -0.313. The zero-order valence-electron chi connectivity index (χ0n) is 24.7. The van der Waals surface area contributed by atoms with Crippen molar-refractivity contribution in [1.29, 1.82) is 0 Å². The quantitative estimate of drug-likeness (QED) is 0.123. The van der Waals surface area contributed by atoms with Gasteiger partial charge in [0.05, 0.1) is 20.3 Å². The molecule has 0 unspecified atom stereocenters. The van der Waals surface area contributed by atoms with Gasteiger partial charge in [0.25, 0.3) is 0 Å². The van der Waals surface area contributed by atoms with Crippen molar-refractivity contribution in [1.82, 2.24) is 16.0 Å². The summed E-state index contributed by atoms with van der Waals surface area (Å²) in [5, 5.41) is 27.6. The number of hydrogen-bond acceptors (Lipinski definition) is 8. The molecule has 0 saturated heterocycles. The van der Waals surface area contributed by atoms with Gasteiger partial charge in [0, 0.05) is 13.0 Å². The largest absolute Gasteiger partial charge is 0.488 e. The molecule has 2 amide bonds. The molecule has 0 aliphatic rings. The summed E-state index contributed by atoms with van der Waals surface area (Å²) in [6, 6.07) is 22.8. The Morgan fingerprint density at radius 3 is 1.91 bits per heavy atom. The molecule has 3 atom stereocenters. The van der Waals surface area contributed by atoms with Gasteiger partial charge in [-0.05, 0) is 28.1 Å². The van der Waals surface area contributed by atoms with Crippen LogP contribution in [0.4, 0.5) is 0 Å². The summed E-state index contributed by atoms with van der Waals surface area (Å²) in [4.78, 5) is 39.5. The zero-order chi connectivity index (χ0) is 31.2. The fraction of sp³-hybridized carbons (Fsp3) is 0.344. The van der Waals surface area contributed by atoms with E-state index in [-0.39, 0.29) is 25.5 Å². The minimum absolute atomic E-state index is 0.0185. The van der Waals surface area contributed by atoms with Crippen LogP contribution in [0, 0.1) is 5.92 Å². The number of esters is 1. The van der Waals surface area contributed by atoms with E-state index in [2.05, 4.69) is 16.0 Å². The van der Waals surface area contributed by atoms with E-state index in [9.17, 15) is 24.4 Å². The molecule has 0 heterocycles. The second kappa shape index (κ2) is 17.2. The Labute approximate surface area is 252 Å². The maximum atomic E-state index is 13.7. The highest BCUT2D eigenvalue weighted by Crippen LogP contribution is 2.09. The van der Waals surface area contributed by atoms with Crippen molar-refractivity contribution < 1.29 is 33.9 Å². The Morgan fingerprint density at radius 1 is 0.767 bits per heavy atom. The van der Waals surface area contributed by atoms with Gasteiger partial charge in [0.1, 0.15) is 18.1 Å². The van der Waals surface area contributed by atoms with E-state index in [1.807, 2.05) is 60.7 Å². The number of benzene rings is 3. The number of hydrogen-bond donors (Lipinski definition) is 5. The molecule has 0 aliphatic heterocycles. The number of ether oxygens (including phenoxy) is 2. The van der Waals surface area contributed by atoms with Gasteiger partial charge >= 0.3 is 13.1 Å². The molecule has 3 aromatic carbocycles. The average Bonchev–Trinajstić information content (AvgIpc) is 3.01. The van der Waals surface area contributed by atoms with Crippen molar-refractivity contribution in [3.8, 4) is 0 Å². The first-order valence-corrected chi connectivity index (χ1v) is 14.2. The van der Waals surface area contributed by atoms with Crippen LogP contribution >= 0.6 is 0 Å². The Morgan fingerprint density at radius 2 is 1.35 bits per heavy atom. The van der Waals surface area contributed by atoms with Crippen LogP contribution in [0.1, 0.15) is 30.5 Å². The van der Waals surface area contributed by atoms with Crippen LogP contribution < -0.4 is 21.4 Å². The molecule has 3 rings (SSSR count). The van der Waals surface area contributed by atoms with E-state index in [0.717, 1.165) is 16.7 Å². The van der Waals surface area contributed by atoms with E-state index < -0.39 is 43.0 Å². The van der Waals surface area contributed by atoms with Gasteiger partial charge in [-0.3, -0.25) is 14.9 Å². The van der Waals surface area contributed by atoms with Gasteiger partial charge in [-0.2, -0.15) is 0 Å². The molecule has 0 bridgehead atoms. The standard InChI is InChI=1S/C32H40BN3O7/c1-22(2)29(32(39)42-3)36-30(37)27(18-23-10-6-4-7-11-23)35-31(38)28(21-43-20-25-12-8-5-9-13-25)34-19-24-14-16-26(17-15-24)33(40)41/h4-17,22,27-29,34,40-41H,18-21H2,1-3H3,(H,35,38)(H,36,37)/t27-,28-,29-/m0/s1. The van der Waals surface area contributed by atoms with E-state index in [4.69, 9.17) is 9.47 Å². The third-order valence-electron chi connectivity index (χ3n) is 6.88. The monoisotopic (exact) mass is 589 g/mol. The van der Waals surface area contributed by atoms with Crippen LogP contribution in [0.2, 0.25) is 0 Å². The van der Waals surface area contributed by atoms with E-state index in [1.54, 1.807) is 38.1 Å². The third kappa shape index (κ3) is 11.0.